The van der Waals surface area contributed by atoms with Crippen LogP contribution in [0.2, 0.25) is 0 Å². The lowest BCUT2D eigenvalue weighted by Gasteiger charge is -2.23. The van der Waals surface area contributed by atoms with Gasteiger partial charge in [0.1, 0.15) is 5.75 Å². The molecular weight excluding hydrogens is 256 g/mol. The topological polar surface area (TPSA) is 29.5 Å². The van der Waals surface area contributed by atoms with E-state index < -0.39 is 5.60 Å². The van der Waals surface area contributed by atoms with Gasteiger partial charge in [0.05, 0.1) is 12.7 Å². The van der Waals surface area contributed by atoms with Gasteiger partial charge in [0.2, 0.25) is 0 Å². The number of hydrogen-bond donors (Lipinski definition) is 1. The van der Waals surface area contributed by atoms with E-state index in [0.29, 0.717) is 0 Å². The molecule has 0 aliphatic heterocycles. The van der Waals surface area contributed by atoms with Gasteiger partial charge in [0.15, 0.2) is 0 Å². The highest BCUT2D eigenvalue weighted by Gasteiger charge is 2.23. The molecule has 0 atom stereocenters. The Labute approximate surface area is 99.4 Å². The quantitative estimate of drug-likeness (QED) is 0.916. The third-order valence-corrected chi connectivity index (χ3v) is 2.83. The van der Waals surface area contributed by atoms with Gasteiger partial charge < -0.3 is 9.84 Å². The van der Waals surface area contributed by atoms with E-state index in [1.807, 2.05) is 12.1 Å². The molecule has 84 valence electrons. The molecule has 0 radical (unpaired) electrons. The number of aryl methyl sites for hydroxylation is 1. The molecule has 0 aromatic heterocycles. The first-order valence-electron chi connectivity index (χ1n) is 4.99. The number of ether oxygens (including phenoxy) is 1. The van der Waals surface area contributed by atoms with Gasteiger partial charge in [-0.1, -0.05) is 22.9 Å². The summed E-state index contributed by atoms with van der Waals surface area (Å²) in [4.78, 5) is 0. The van der Waals surface area contributed by atoms with Crippen molar-refractivity contribution >= 4 is 15.9 Å². The zero-order valence-electron chi connectivity index (χ0n) is 9.60. The molecule has 15 heavy (non-hydrogen) atoms. The lowest BCUT2D eigenvalue weighted by molar-refractivity contribution is 0.0754. The van der Waals surface area contributed by atoms with Crippen LogP contribution in [0.4, 0.5) is 0 Å². The first kappa shape index (κ1) is 12.5. The van der Waals surface area contributed by atoms with Crippen molar-refractivity contribution in [3.8, 4) is 5.75 Å². The smallest absolute Gasteiger partial charge is 0.128 e. The molecule has 0 bridgehead atoms. The number of benzene rings is 1. The summed E-state index contributed by atoms with van der Waals surface area (Å²) >= 11 is 3.44. The molecule has 1 N–H and O–H groups in total. The van der Waals surface area contributed by atoms with Crippen molar-refractivity contribution in [3.05, 3.63) is 27.7 Å². The third kappa shape index (κ3) is 2.73. The number of hydrogen-bond acceptors (Lipinski definition) is 2. The van der Waals surface area contributed by atoms with E-state index >= 15 is 0 Å². The highest BCUT2D eigenvalue weighted by molar-refractivity contribution is 9.10. The fourth-order valence-corrected chi connectivity index (χ4v) is 2.11. The molecule has 0 fully saturated rings. The molecule has 0 amide bonds. The molecule has 0 unspecified atom stereocenters. The van der Waals surface area contributed by atoms with Gasteiger partial charge in [-0.25, -0.2) is 0 Å². The van der Waals surface area contributed by atoms with Crippen LogP contribution in [0, 0.1) is 0 Å². The van der Waals surface area contributed by atoms with E-state index in [2.05, 4.69) is 22.9 Å². The minimum Gasteiger partial charge on any atom is -0.496 e. The predicted molar refractivity (Wildman–Crippen MR) is 65.3 cm³/mol. The van der Waals surface area contributed by atoms with Gasteiger partial charge in [-0.15, -0.1) is 0 Å². The van der Waals surface area contributed by atoms with Crippen LogP contribution in [0.25, 0.3) is 0 Å². The lowest BCUT2D eigenvalue weighted by Crippen LogP contribution is -2.17. The summed E-state index contributed by atoms with van der Waals surface area (Å²) in [6, 6.07) is 3.92. The van der Waals surface area contributed by atoms with Gasteiger partial charge in [0.25, 0.3) is 0 Å². The van der Waals surface area contributed by atoms with Crippen molar-refractivity contribution in [2.24, 2.45) is 0 Å². The maximum absolute atomic E-state index is 10.0. The predicted octanol–water partition coefficient (Wildman–Crippen LogP) is 3.25. The van der Waals surface area contributed by atoms with Gasteiger partial charge >= 0.3 is 0 Å². The van der Waals surface area contributed by atoms with E-state index in [4.69, 9.17) is 4.74 Å². The second-order valence-corrected chi connectivity index (χ2v) is 4.97. The summed E-state index contributed by atoms with van der Waals surface area (Å²) in [7, 11) is 1.64. The summed E-state index contributed by atoms with van der Waals surface area (Å²) < 4.78 is 6.34. The number of aliphatic hydroxyl groups is 1. The molecule has 0 spiro atoms. The van der Waals surface area contributed by atoms with Crippen LogP contribution in [0.5, 0.6) is 5.75 Å². The van der Waals surface area contributed by atoms with E-state index in [9.17, 15) is 5.11 Å². The summed E-state index contributed by atoms with van der Waals surface area (Å²) in [5.74, 6) is 0.785. The average molecular weight is 273 g/mol. The largest absolute Gasteiger partial charge is 0.496 e. The van der Waals surface area contributed by atoms with Crippen LogP contribution < -0.4 is 4.74 Å². The molecule has 1 aromatic rings. The Bertz CT molecular complexity index is 353. The third-order valence-electron chi connectivity index (χ3n) is 2.37. The minimum atomic E-state index is -0.890. The van der Waals surface area contributed by atoms with Crippen molar-refractivity contribution in [1.82, 2.24) is 0 Å². The second kappa shape index (κ2) is 4.54. The standard InChI is InChI=1S/C12H17BrO2/c1-5-8-6-9(13)7-10(11(8)15-4)12(2,3)14/h6-7,14H,5H2,1-4H3. The van der Waals surface area contributed by atoms with Crippen LogP contribution in [-0.2, 0) is 12.0 Å². The van der Waals surface area contributed by atoms with E-state index in [-0.39, 0.29) is 0 Å². The molecule has 0 saturated heterocycles. The van der Waals surface area contributed by atoms with Crippen molar-refractivity contribution < 1.29 is 9.84 Å². The summed E-state index contributed by atoms with van der Waals surface area (Å²) in [5.41, 5.74) is 1.03. The maximum atomic E-state index is 10.0. The van der Waals surface area contributed by atoms with Crippen molar-refractivity contribution in [1.29, 1.82) is 0 Å². The Kier molecular flexibility index (Phi) is 3.79. The summed E-state index contributed by atoms with van der Waals surface area (Å²) in [6.07, 6.45) is 0.881. The molecular formula is C12H17BrO2. The van der Waals surface area contributed by atoms with Gasteiger partial charge in [-0.2, -0.15) is 0 Å². The number of methoxy groups -OCH3 is 1. The molecule has 0 saturated carbocycles. The van der Waals surface area contributed by atoms with Crippen molar-refractivity contribution in [2.75, 3.05) is 7.11 Å². The van der Waals surface area contributed by atoms with Crippen LogP contribution in [0.3, 0.4) is 0 Å². The van der Waals surface area contributed by atoms with Gasteiger partial charge in [0, 0.05) is 10.0 Å². The molecule has 1 aromatic carbocycles. The zero-order valence-corrected chi connectivity index (χ0v) is 11.2. The Morgan fingerprint density at radius 2 is 2.00 bits per heavy atom. The van der Waals surface area contributed by atoms with Crippen LogP contribution >= 0.6 is 15.9 Å². The second-order valence-electron chi connectivity index (χ2n) is 4.06. The molecule has 1 rings (SSSR count). The molecule has 3 heteroatoms. The fraction of sp³-hybridized carbons (Fsp3) is 0.500. The normalized spacial score (nSPS) is 11.6. The molecule has 2 nitrogen and oxygen atoms in total. The van der Waals surface area contributed by atoms with E-state index in [1.54, 1.807) is 21.0 Å². The zero-order chi connectivity index (χ0) is 11.6. The SMILES string of the molecule is CCc1cc(Br)cc(C(C)(C)O)c1OC. The monoisotopic (exact) mass is 272 g/mol. The van der Waals surface area contributed by atoms with Crippen LogP contribution in [0.15, 0.2) is 16.6 Å². The first-order chi connectivity index (χ1) is 6.90. The van der Waals surface area contributed by atoms with E-state index in [1.165, 1.54) is 0 Å². The molecule has 0 aliphatic carbocycles. The van der Waals surface area contributed by atoms with Crippen molar-refractivity contribution in [3.63, 3.8) is 0 Å². The molecule has 0 heterocycles. The van der Waals surface area contributed by atoms with Crippen LogP contribution in [0.1, 0.15) is 31.9 Å². The van der Waals surface area contributed by atoms with Crippen molar-refractivity contribution in [2.45, 2.75) is 32.8 Å². The van der Waals surface area contributed by atoms with Gasteiger partial charge in [-0.3, -0.25) is 0 Å². The Morgan fingerprint density at radius 1 is 1.40 bits per heavy atom. The minimum absolute atomic E-state index is 0.785. The summed E-state index contributed by atoms with van der Waals surface area (Å²) in [5, 5.41) is 10.0. The number of halogens is 1. The van der Waals surface area contributed by atoms with Crippen LogP contribution in [-0.4, -0.2) is 12.2 Å². The fourth-order valence-electron chi connectivity index (χ4n) is 1.61. The van der Waals surface area contributed by atoms with E-state index in [0.717, 1.165) is 27.8 Å². The Hall–Kier alpha value is -0.540. The Balaban J connectivity index is 3.42. The lowest BCUT2D eigenvalue weighted by atomic mass is 9.94. The molecule has 0 aliphatic rings. The first-order valence-corrected chi connectivity index (χ1v) is 5.78. The Morgan fingerprint density at radius 3 is 2.40 bits per heavy atom. The maximum Gasteiger partial charge on any atom is 0.128 e. The number of rotatable bonds is 3. The highest BCUT2D eigenvalue weighted by atomic mass is 79.9. The summed E-state index contributed by atoms with van der Waals surface area (Å²) in [6.45, 7) is 5.59. The highest BCUT2D eigenvalue weighted by Crippen LogP contribution is 2.35. The average Bonchev–Trinajstić information content (AvgIpc) is 2.15. The van der Waals surface area contributed by atoms with Gasteiger partial charge in [-0.05, 0) is 38.0 Å².